The average molecular weight is 896 g/mol. The largest absolute Gasteiger partial charge is 0.491 e. The van der Waals surface area contributed by atoms with Crippen molar-refractivity contribution in [2.45, 2.75) is 145 Å². The number of allylic oxidation sites excluding steroid dienone is 1. The monoisotopic (exact) mass is 895 g/mol. The smallest absolute Gasteiger partial charge is 0.408 e. The van der Waals surface area contributed by atoms with E-state index in [9.17, 15) is 27.6 Å². The van der Waals surface area contributed by atoms with Crippen molar-refractivity contribution in [1.29, 1.82) is 0 Å². The van der Waals surface area contributed by atoms with E-state index in [0.29, 0.717) is 66.0 Å². The Bertz CT molecular complexity index is 2580. The molecule has 340 valence electrons. The van der Waals surface area contributed by atoms with Crippen molar-refractivity contribution in [1.82, 2.24) is 25.2 Å². The van der Waals surface area contributed by atoms with Crippen molar-refractivity contribution >= 4 is 55.9 Å². The molecule has 9 rings (SSSR count). The van der Waals surface area contributed by atoms with Gasteiger partial charge in [0, 0.05) is 29.4 Å². The maximum Gasteiger partial charge on any atom is 0.408 e. The Balaban J connectivity index is 1.05. The molecule has 2 aromatic heterocycles. The Hall–Kier alpha value is -5.64. The molecule has 3 aliphatic carbocycles. The summed E-state index contributed by atoms with van der Waals surface area (Å²) < 4.78 is 52.6. The number of nitrogens with zero attached hydrogens (tertiary/aromatic N) is 2. The van der Waals surface area contributed by atoms with Crippen LogP contribution in [0.25, 0.3) is 33.3 Å². The number of amides is 4. The van der Waals surface area contributed by atoms with Crippen LogP contribution in [0.4, 0.5) is 4.79 Å². The van der Waals surface area contributed by atoms with Crippen LogP contribution in [-0.2, 0) is 29.1 Å². The number of alkyl carbamates (subject to hydrolysis) is 1. The molecule has 5 atom stereocenters. The van der Waals surface area contributed by atoms with E-state index < -0.39 is 68.2 Å². The second-order valence-corrected chi connectivity index (χ2v) is 20.9. The molecule has 4 fully saturated rings. The highest BCUT2D eigenvalue weighted by Crippen LogP contribution is 2.48. The lowest BCUT2D eigenvalue weighted by molar-refractivity contribution is -0.141. The van der Waals surface area contributed by atoms with Crippen molar-refractivity contribution in [3.63, 3.8) is 0 Å². The summed E-state index contributed by atoms with van der Waals surface area (Å²) in [5.41, 5.74) is 1.44. The summed E-state index contributed by atoms with van der Waals surface area (Å²) in [5.74, 6) is -1.29. The molecule has 4 aromatic rings. The number of ether oxygens (including phenoxy) is 3. The van der Waals surface area contributed by atoms with Gasteiger partial charge in [0.15, 0.2) is 11.3 Å². The first-order valence-electron chi connectivity index (χ1n) is 22.8. The average Bonchev–Trinajstić information content (AvgIpc) is 3.92. The summed E-state index contributed by atoms with van der Waals surface area (Å²) in [4.78, 5) is 63.4. The lowest BCUT2D eigenvalue weighted by Crippen LogP contribution is -2.58. The van der Waals surface area contributed by atoms with Gasteiger partial charge in [-0.1, -0.05) is 37.1 Å². The van der Waals surface area contributed by atoms with Crippen LogP contribution in [0.3, 0.4) is 0 Å². The Morgan fingerprint density at radius 3 is 2.47 bits per heavy atom. The number of fused-ring (bicyclic) bond motifs is 5. The third kappa shape index (κ3) is 8.89. The van der Waals surface area contributed by atoms with Crippen molar-refractivity contribution < 1.29 is 46.2 Å². The predicted molar refractivity (Wildman–Crippen MR) is 239 cm³/mol. The summed E-state index contributed by atoms with van der Waals surface area (Å²) in [6.07, 6.45) is 9.89. The molecule has 1 saturated heterocycles. The lowest BCUT2D eigenvalue weighted by atomic mass is 10.0. The summed E-state index contributed by atoms with van der Waals surface area (Å²) in [6, 6.07) is 14.8. The van der Waals surface area contributed by atoms with Crippen LogP contribution in [0.15, 0.2) is 71.2 Å². The number of para-hydroxylation sites is 1. The van der Waals surface area contributed by atoms with Crippen LogP contribution < -0.4 is 24.8 Å². The molecule has 2 aromatic carbocycles. The standard InChI is InChI=1S/C48H57N5O10S/c1-29(2)60-33-21-19-30(20-22-33)37-26-40(42-41(49-37)35-16-11-12-18-39(35)63-42)61-34-25-38-43(54)51-48(45(56)52-64(58,59)47(3)23-24-47)27-31(48)13-7-5-4-6-8-17-36(44(55)53(38)28-34)50-46(57)62-32-14-9-10-15-32/h7,11-13,16,18-22,26,29,31-32,34,36,38H,4-6,8-10,14-15,17,23-25,27-28H2,1-3H3,(H,50,57)(H,51,54)(H,52,56)/b13-7-/t31-,34-,36+,38+,48-/m1/s1. The number of furan rings is 1. The second-order valence-electron chi connectivity index (χ2n) is 18.7. The first-order valence-corrected chi connectivity index (χ1v) is 24.3. The zero-order valence-corrected chi connectivity index (χ0v) is 37.4. The fourth-order valence-corrected chi connectivity index (χ4v) is 10.6. The molecule has 16 heteroatoms. The van der Waals surface area contributed by atoms with Crippen LogP contribution in [0.1, 0.15) is 104 Å². The number of carbonyl (C=O) groups excluding carboxylic acids is 4. The summed E-state index contributed by atoms with van der Waals surface area (Å²) in [7, 11) is -4.02. The van der Waals surface area contributed by atoms with Crippen molar-refractivity contribution in [2.24, 2.45) is 5.92 Å². The van der Waals surface area contributed by atoms with Crippen LogP contribution in [-0.4, -0.2) is 89.3 Å². The van der Waals surface area contributed by atoms with E-state index in [1.165, 1.54) is 4.90 Å². The van der Waals surface area contributed by atoms with E-state index >= 15 is 0 Å². The highest BCUT2D eigenvalue weighted by Gasteiger charge is 2.63. The predicted octanol–water partition coefficient (Wildman–Crippen LogP) is 7.21. The number of hydrogen-bond donors (Lipinski definition) is 3. The Morgan fingerprint density at radius 1 is 0.969 bits per heavy atom. The van der Waals surface area contributed by atoms with Gasteiger partial charge in [0.1, 0.15) is 46.7 Å². The molecule has 0 radical (unpaired) electrons. The van der Waals surface area contributed by atoms with Crippen LogP contribution >= 0.6 is 0 Å². The Morgan fingerprint density at radius 2 is 1.72 bits per heavy atom. The number of hydrogen-bond acceptors (Lipinski definition) is 11. The van der Waals surface area contributed by atoms with Gasteiger partial charge in [-0.15, -0.1) is 0 Å². The normalized spacial score (nSPS) is 26.6. The number of sulfonamides is 1. The van der Waals surface area contributed by atoms with Crippen molar-refractivity contribution in [3.05, 3.63) is 66.7 Å². The van der Waals surface area contributed by atoms with Crippen LogP contribution in [0, 0.1) is 5.92 Å². The number of benzene rings is 2. The molecule has 0 spiro atoms. The van der Waals surface area contributed by atoms with E-state index in [4.69, 9.17) is 23.6 Å². The van der Waals surface area contributed by atoms with Crippen LogP contribution in [0.2, 0.25) is 0 Å². The number of rotatable bonds is 10. The van der Waals surface area contributed by atoms with Gasteiger partial charge in [-0.05, 0) is 121 Å². The Kier molecular flexibility index (Phi) is 11.8. The highest BCUT2D eigenvalue weighted by molar-refractivity contribution is 7.91. The molecule has 0 bridgehead atoms. The summed E-state index contributed by atoms with van der Waals surface area (Å²) >= 11 is 0. The number of pyridine rings is 1. The fourth-order valence-electron chi connectivity index (χ4n) is 9.32. The zero-order valence-electron chi connectivity index (χ0n) is 36.6. The minimum Gasteiger partial charge on any atom is -0.491 e. The molecule has 2 aliphatic heterocycles. The van der Waals surface area contributed by atoms with E-state index in [1.54, 1.807) is 13.0 Å². The molecule has 4 amide bonds. The van der Waals surface area contributed by atoms with E-state index in [-0.39, 0.29) is 31.6 Å². The van der Waals surface area contributed by atoms with E-state index in [1.807, 2.05) is 74.5 Å². The molecule has 5 aliphatic rings. The number of nitrogens with one attached hydrogen (secondary N) is 3. The topological polar surface area (TPSA) is 195 Å². The second kappa shape index (κ2) is 17.4. The maximum atomic E-state index is 14.9. The minimum atomic E-state index is -4.02. The van der Waals surface area contributed by atoms with E-state index in [2.05, 4.69) is 15.4 Å². The molecule has 0 unspecified atom stereocenters. The van der Waals surface area contributed by atoms with Gasteiger partial charge in [0.2, 0.25) is 21.8 Å². The molecule has 4 heterocycles. The lowest BCUT2D eigenvalue weighted by Gasteiger charge is -2.30. The maximum absolute atomic E-state index is 14.9. The van der Waals surface area contributed by atoms with Crippen molar-refractivity contribution in [3.8, 4) is 22.8 Å². The third-order valence-corrected chi connectivity index (χ3v) is 15.6. The van der Waals surface area contributed by atoms with Gasteiger partial charge in [-0.2, -0.15) is 0 Å². The quantitative estimate of drug-likeness (QED) is 0.136. The van der Waals surface area contributed by atoms with Gasteiger partial charge in [0.25, 0.3) is 5.91 Å². The molecular weight excluding hydrogens is 839 g/mol. The Labute approximate surface area is 373 Å². The zero-order chi connectivity index (χ0) is 44.8. The first-order chi connectivity index (χ1) is 30.7. The van der Waals surface area contributed by atoms with Crippen molar-refractivity contribution in [2.75, 3.05) is 6.54 Å². The van der Waals surface area contributed by atoms with Gasteiger partial charge in [-0.3, -0.25) is 19.1 Å². The summed E-state index contributed by atoms with van der Waals surface area (Å²) in [5, 5.41) is 6.57. The SMILES string of the molecule is CC(C)Oc1ccc(-c2cc(O[C@@H]3C[C@H]4C(=O)N[C@]5(C(=O)NS(=O)(=O)C6(C)CC6)C[C@H]5/C=C\CCCCC[C@H](NC(=O)OC5CCCC5)C(=O)N4C3)c3oc4ccccc4c3n2)cc1. The minimum absolute atomic E-state index is 0.00122. The molecule has 3 N–H and O–H groups in total. The number of aromatic nitrogens is 1. The van der Waals surface area contributed by atoms with Gasteiger partial charge < -0.3 is 34.2 Å². The summed E-state index contributed by atoms with van der Waals surface area (Å²) in [6.45, 7) is 5.48. The number of carbonyl (C=O) groups is 4. The molecule has 15 nitrogen and oxygen atoms in total. The van der Waals surface area contributed by atoms with Gasteiger partial charge in [-0.25, -0.2) is 18.2 Å². The fraction of sp³-hybridized carbons (Fsp3) is 0.521. The molecule has 3 saturated carbocycles. The third-order valence-electron chi connectivity index (χ3n) is 13.5. The molecule has 64 heavy (non-hydrogen) atoms. The van der Waals surface area contributed by atoms with Gasteiger partial charge in [0.05, 0.1) is 23.1 Å². The van der Waals surface area contributed by atoms with Gasteiger partial charge >= 0.3 is 6.09 Å². The van der Waals surface area contributed by atoms with E-state index in [0.717, 1.165) is 49.5 Å². The molecular formula is C48H57N5O10S. The first kappa shape index (κ1) is 43.6. The highest BCUT2D eigenvalue weighted by atomic mass is 32.2. The van der Waals surface area contributed by atoms with Crippen LogP contribution in [0.5, 0.6) is 11.5 Å².